The first-order chi connectivity index (χ1) is 10.8. The van der Waals surface area contributed by atoms with Gasteiger partial charge < -0.3 is 10.9 Å². The number of nitrogens with zero attached hydrogens (tertiary/aromatic N) is 3. The zero-order valence-electron chi connectivity index (χ0n) is 11.6. The van der Waals surface area contributed by atoms with E-state index in [-0.39, 0.29) is 20.9 Å². The van der Waals surface area contributed by atoms with E-state index in [1.807, 2.05) is 30.3 Å². The van der Waals surface area contributed by atoms with Gasteiger partial charge in [0, 0.05) is 12.7 Å². The van der Waals surface area contributed by atoms with Gasteiger partial charge >= 0.3 is 6.18 Å². The Morgan fingerprint density at radius 3 is 2.39 bits per heavy atom. The van der Waals surface area contributed by atoms with Crippen LogP contribution in [0.1, 0.15) is 11.4 Å². The second-order valence-electron chi connectivity index (χ2n) is 4.43. The molecule has 0 fully saturated rings. The van der Waals surface area contributed by atoms with Crippen LogP contribution in [0.4, 0.5) is 13.2 Å². The maximum Gasteiger partial charge on any atom is 0.453 e. The molecule has 122 valence electrons. The number of hydrogen-bond acceptors (Lipinski definition) is 4. The number of fused-ring (bicyclic) bond motifs is 1. The number of aromatic nitrogens is 3. The van der Waals surface area contributed by atoms with Crippen molar-refractivity contribution in [2.45, 2.75) is 12.7 Å². The molecule has 0 aliphatic carbocycles. The lowest BCUT2D eigenvalue weighted by molar-refractivity contribution is -0.153. The minimum atomic E-state index is -4.73. The molecule has 0 aliphatic heterocycles. The largest absolute Gasteiger partial charge is 0.453 e. The lowest BCUT2D eigenvalue weighted by Gasteiger charge is -2.03. The molecule has 2 heterocycles. The minimum absolute atomic E-state index is 0.0752. The van der Waals surface area contributed by atoms with Crippen LogP contribution in [0.5, 0.6) is 0 Å². The molecule has 0 saturated heterocycles. The van der Waals surface area contributed by atoms with Gasteiger partial charge in [0.15, 0.2) is 5.65 Å². The Hall–Kier alpha value is -2.32. The third-order valence-corrected chi connectivity index (χ3v) is 2.99. The van der Waals surface area contributed by atoms with Gasteiger partial charge in [0.2, 0.25) is 0 Å². The number of pyridine rings is 1. The van der Waals surface area contributed by atoms with Gasteiger partial charge in [0.05, 0.1) is 5.02 Å². The summed E-state index contributed by atoms with van der Waals surface area (Å²) in [6.07, 6.45) is -3.58. The molecule has 3 aromatic rings. The molecule has 5 nitrogen and oxygen atoms in total. The normalized spacial score (nSPS) is 11.2. The van der Waals surface area contributed by atoms with E-state index in [2.05, 4.69) is 9.97 Å². The molecule has 3 N–H and O–H groups in total. The van der Waals surface area contributed by atoms with Crippen LogP contribution in [0.3, 0.4) is 0 Å². The molecular weight excluding hydrogens is 333 g/mol. The third kappa shape index (κ3) is 4.11. The summed E-state index contributed by atoms with van der Waals surface area (Å²) in [4.78, 5) is 6.69. The highest BCUT2D eigenvalue weighted by Crippen LogP contribution is 2.30. The molecule has 3 rings (SSSR count). The Labute approximate surface area is 134 Å². The average Bonchev–Trinajstić information content (AvgIpc) is 2.86. The number of benzene rings is 1. The summed E-state index contributed by atoms with van der Waals surface area (Å²) in [6.45, 7) is 0.640. The third-order valence-electron chi connectivity index (χ3n) is 2.79. The van der Waals surface area contributed by atoms with E-state index in [1.54, 1.807) is 0 Å². The van der Waals surface area contributed by atoms with E-state index >= 15 is 0 Å². The molecule has 0 radical (unpaired) electrons. The number of hydrogen-bond donors (Lipinski definition) is 2. The van der Waals surface area contributed by atoms with Gasteiger partial charge in [-0.3, -0.25) is 0 Å². The molecule has 0 spiro atoms. The molecule has 0 aliphatic rings. The average molecular weight is 345 g/mol. The van der Waals surface area contributed by atoms with Gasteiger partial charge in [0.1, 0.15) is 5.52 Å². The lowest BCUT2D eigenvalue weighted by atomic mass is 10.2. The van der Waals surface area contributed by atoms with Gasteiger partial charge in [-0.25, -0.2) is 9.97 Å². The number of imidazole rings is 1. The Balaban J connectivity index is 0.000000203. The Bertz CT molecular complexity index is 790. The molecule has 0 saturated carbocycles. The Morgan fingerprint density at radius 1 is 1.22 bits per heavy atom. The zero-order valence-corrected chi connectivity index (χ0v) is 12.4. The SMILES string of the molecule is NCc1ccccc1.On1c(C(F)(F)F)nc2ncc(Cl)cc21. The van der Waals surface area contributed by atoms with Crippen LogP contribution in [0.15, 0.2) is 42.6 Å². The van der Waals surface area contributed by atoms with Crippen molar-refractivity contribution in [1.29, 1.82) is 0 Å². The quantitative estimate of drug-likeness (QED) is 0.662. The maximum atomic E-state index is 12.3. The molecule has 1 aromatic carbocycles. The van der Waals surface area contributed by atoms with Gasteiger partial charge in [-0.05, 0) is 11.6 Å². The summed E-state index contributed by atoms with van der Waals surface area (Å²) < 4.78 is 36.8. The number of alkyl halides is 3. The van der Waals surface area contributed by atoms with Crippen LogP contribution < -0.4 is 5.73 Å². The summed E-state index contributed by atoms with van der Waals surface area (Å²) in [7, 11) is 0. The predicted octanol–water partition coefficient (Wildman–Crippen LogP) is 3.49. The molecular formula is C14H12ClF3N4O. The zero-order chi connectivity index (χ0) is 17.0. The van der Waals surface area contributed by atoms with E-state index < -0.39 is 12.0 Å². The van der Waals surface area contributed by atoms with Crippen LogP contribution in [0.2, 0.25) is 5.02 Å². The fourth-order valence-corrected chi connectivity index (χ4v) is 1.87. The fourth-order valence-electron chi connectivity index (χ4n) is 1.72. The first kappa shape index (κ1) is 17.0. The van der Waals surface area contributed by atoms with Crippen molar-refractivity contribution in [2.24, 2.45) is 5.73 Å². The van der Waals surface area contributed by atoms with Crippen molar-refractivity contribution in [3.8, 4) is 0 Å². The molecule has 9 heteroatoms. The number of rotatable bonds is 1. The van der Waals surface area contributed by atoms with E-state index in [0.717, 1.165) is 12.3 Å². The van der Waals surface area contributed by atoms with E-state index in [9.17, 15) is 18.4 Å². The van der Waals surface area contributed by atoms with Gasteiger partial charge in [-0.15, -0.1) is 0 Å². The summed E-state index contributed by atoms with van der Waals surface area (Å²) in [5, 5.41) is 9.30. The summed E-state index contributed by atoms with van der Waals surface area (Å²) in [5.41, 5.74) is 6.14. The first-order valence-corrected chi connectivity index (χ1v) is 6.75. The van der Waals surface area contributed by atoms with Gasteiger partial charge in [0.25, 0.3) is 5.82 Å². The second-order valence-corrected chi connectivity index (χ2v) is 4.87. The number of nitrogens with two attached hydrogens (primary N) is 1. The van der Waals surface area contributed by atoms with Gasteiger partial charge in [-0.2, -0.15) is 17.9 Å². The molecule has 2 aromatic heterocycles. The van der Waals surface area contributed by atoms with Crippen LogP contribution in [0.25, 0.3) is 11.2 Å². The van der Waals surface area contributed by atoms with Crippen molar-refractivity contribution in [3.05, 3.63) is 59.0 Å². The van der Waals surface area contributed by atoms with Crippen LogP contribution in [0, 0.1) is 0 Å². The standard InChI is InChI=1S/C7H3ClF3N3O.C7H9N/c8-3-1-4-5(12-2-3)13-6(14(4)15)7(9,10)11;8-6-7-4-2-1-3-5-7/h1-2,15H;1-5H,6,8H2. The monoisotopic (exact) mass is 344 g/mol. The number of halogens is 4. The molecule has 0 amide bonds. The maximum absolute atomic E-state index is 12.3. The summed E-state index contributed by atoms with van der Waals surface area (Å²) in [6, 6.07) is 11.1. The summed E-state index contributed by atoms with van der Waals surface area (Å²) in [5.74, 6) is -1.42. The van der Waals surface area contributed by atoms with Crippen LogP contribution in [-0.4, -0.2) is 19.9 Å². The fraction of sp³-hybridized carbons (Fsp3) is 0.143. The highest BCUT2D eigenvalue weighted by atomic mass is 35.5. The van der Waals surface area contributed by atoms with E-state index in [1.165, 1.54) is 5.56 Å². The molecule has 23 heavy (non-hydrogen) atoms. The van der Waals surface area contributed by atoms with Crippen molar-refractivity contribution in [2.75, 3.05) is 0 Å². The van der Waals surface area contributed by atoms with Crippen molar-refractivity contribution < 1.29 is 18.4 Å². The Morgan fingerprint density at radius 2 is 1.87 bits per heavy atom. The van der Waals surface area contributed by atoms with Crippen molar-refractivity contribution in [1.82, 2.24) is 14.7 Å². The van der Waals surface area contributed by atoms with Crippen LogP contribution in [-0.2, 0) is 12.7 Å². The highest BCUT2D eigenvalue weighted by Gasteiger charge is 2.38. The Kier molecular flexibility index (Phi) is 5.07. The summed E-state index contributed by atoms with van der Waals surface area (Å²) >= 11 is 5.52. The minimum Gasteiger partial charge on any atom is -0.426 e. The van der Waals surface area contributed by atoms with E-state index in [4.69, 9.17) is 17.3 Å². The highest BCUT2D eigenvalue weighted by molar-refractivity contribution is 6.31. The second kappa shape index (κ2) is 6.84. The van der Waals surface area contributed by atoms with Crippen LogP contribution >= 0.6 is 11.6 Å². The van der Waals surface area contributed by atoms with Crippen molar-refractivity contribution >= 4 is 22.8 Å². The predicted molar refractivity (Wildman–Crippen MR) is 79.1 cm³/mol. The van der Waals surface area contributed by atoms with Gasteiger partial charge in [-0.1, -0.05) is 41.9 Å². The van der Waals surface area contributed by atoms with Crippen molar-refractivity contribution in [3.63, 3.8) is 0 Å². The molecule has 0 unspecified atom stereocenters. The molecule has 0 atom stereocenters. The smallest absolute Gasteiger partial charge is 0.426 e. The molecule has 0 bridgehead atoms. The van der Waals surface area contributed by atoms with E-state index in [0.29, 0.717) is 6.54 Å². The lowest BCUT2D eigenvalue weighted by Crippen LogP contribution is -2.12. The first-order valence-electron chi connectivity index (χ1n) is 6.37. The topological polar surface area (TPSA) is 77.0 Å².